The summed E-state index contributed by atoms with van der Waals surface area (Å²) in [4.78, 5) is 4.16. The second-order valence-electron chi connectivity index (χ2n) is 4.07. The molecule has 0 atom stereocenters. The predicted molar refractivity (Wildman–Crippen MR) is 53.9 cm³/mol. The van der Waals surface area contributed by atoms with Gasteiger partial charge in [0.05, 0.1) is 17.9 Å². The van der Waals surface area contributed by atoms with Gasteiger partial charge in [-0.2, -0.15) is 8.75 Å². The fourth-order valence-corrected chi connectivity index (χ4v) is 1.80. The molecule has 0 aliphatic rings. The van der Waals surface area contributed by atoms with Gasteiger partial charge in [0.15, 0.2) is 0 Å². The quantitative estimate of drug-likeness (QED) is 0.644. The summed E-state index contributed by atoms with van der Waals surface area (Å²) < 4.78 is 8.44. The molecule has 2 heterocycles. The number of nitrogens with zero attached hydrogens (tertiary/aromatic N) is 3. The average molecular weight is 193 g/mol. The third-order valence-corrected chi connectivity index (χ3v) is 2.52. The van der Waals surface area contributed by atoms with Crippen LogP contribution in [0, 0.1) is 0 Å². The van der Waals surface area contributed by atoms with Crippen molar-refractivity contribution in [2.75, 3.05) is 0 Å². The highest BCUT2D eigenvalue weighted by molar-refractivity contribution is 7.00. The molecule has 0 N–H and O–H groups in total. The number of hydrogen-bond acceptors (Lipinski definition) is 4. The van der Waals surface area contributed by atoms with Crippen LogP contribution in [-0.4, -0.2) is 13.7 Å². The van der Waals surface area contributed by atoms with Gasteiger partial charge in [-0.1, -0.05) is 20.8 Å². The van der Waals surface area contributed by atoms with Gasteiger partial charge in [0.1, 0.15) is 11.0 Å². The minimum Gasteiger partial charge on any atom is -0.262 e. The molecule has 2 aromatic heterocycles. The molecule has 0 aliphatic carbocycles. The second kappa shape index (κ2) is 2.73. The molecule has 2 aromatic rings. The van der Waals surface area contributed by atoms with Crippen LogP contribution in [0.15, 0.2) is 12.4 Å². The third kappa shape index (κ3) is 1.42. The molecular formula is C9H11N3S. The van der Waals surface area contributed by atoms with Crippen molar-refractivity contribution in [2.24, 2.45) is 0 Å². The van der Waals surface area contributed by atoms with Crippen molar-refractivity contribution in [2.45, 2.75) is 26.2 Å². The molecule has 0 spiro atoms. The van der Waals surface area contributed by atoms with Crippen LogP contribution in [0.2, 0.25) is 0 Å². The lowest BCUT2D eigenvalue weighted by Crippen LogP contribution is -2.12. The van der Waals surface area contributed by atoms with E-state index in [1.54, 1.807) is 6.20 Å². The molecule has 0 fully saturated rings. The van der Waals surface area contributed by atoms with Crippen molar-refractivity contribution < 1.29 is 0 Å². The van der Waals surface area contributed by atoms with Gasteiger partial charge in [-0.3, -0.25) is 4.98 Å². The molecular weight excluding hydrogens is 182 g/mol. The second-order valence-corrected chi connectivity index (χ2v) is 4.60. The normalized spacial score (nSPS) is 12.2. The van der Waals surface area contributed by atoms with Crippen LogP contribution in [0.25, 0.3) is 11.0 Å². The largest absolute Gasteiger partial charge is 0.262 e. The summed E-state index contributed by atoms with van der Waals surface area (Å²) in [5.41, 5.74) is 3.14. The van der Waals surface area contributed by atoms with Crippen LogP contribution in [-0.2, 0) is 5.41 Å². The molecule has 0 aromatic carbocycles. The zero-order chi connectivity index (χ0) is 9.47. The van der Waals surface area contributed by atoms with Crippen molar-refractivity contribution >= 4 is 22.8 Å². The summed E-state index contributed by atoms with van der Waals surface area (Å²) in [7, 11) is 0. The van der Waals surface area contributed by atoms with Gasteiger partial charge in [0.2, 0.25) is 0 Å². The molecule has 0 unspecified atom stereocenters. The Balaban J connectivity index is 2.75. The van der Waals surface area contributed by atoms with Crippen LogP contribution in [0.3, 0.4) is 0 Å². The van der Waals surface area contributed by atoms with Gasteiger partial charge in [-0.25, -0.2) is 0 Å². The molecule has 0 saturated carbocycles. The fourth-order valence-electron chi connectivity index (χ4n) is 1.26. The van der Waals surface area contributed by atoms with E-state index in [1.165, 1.54) is 17.3 Å². The van der Waals surface area contributed by atoms with E-state index < -0.39 is 0 Å². The summed E-state index contributed by atoms with van der Waals surface area (Å²) in [6.07, 6.45) is 3.64. The van der Waals surface area contributed by atoms with E-state index in [4.69, 9.17) is 0 Å². The van der Waals surface area contributed by atoms with E-state index in [0.717, 1.165) is 11.0 Å². The first kappa shape index (κ1) is 8.56. The first-order valence-corrected chi connectivity index (χ1v) is 4.89. The standard InChI is InChI=1S/C9H11N3S/c1-9(2,3)6-4-10-5-7-8(6)12-13-11-7/h4-5H,1-3H3. The number of fused-ring (bicyclic) bond motifs is 1. The topological polar surface area (TPSA) is 38.7 Å². The molecule has 13 heavy (non-hydrogen) atoms. The number of pyridine rings is 1. The zero-order valence-electron chi connectivity index (χ0n) is 7.90. The first-order valence-electron chi connectivity index (χ1n) is 4.16. The van der Waals surface area contributed by atoms with Crippen molar-refractivity contribution in [1.29, 1.82) is 0 Å². The highest BCUT2D eigenvalue weighted by Gasteiger charge is 2.18. The van der Waals surface area contributed by atoms with Gasteiger partial charge < -0.3 is 0 Å². The van der Waals surface area contributed by atoms with E-state index in [2.05, 4.69) is 34.5 Å². The lowest BCUT2D eigenvalue weighted by atomic mass is 9.87. The van der Waals surface area contributed by atoms with Gasteiger partial charge >= 0.3 is 0 Å². The van der Waals surface area contributed by atoms with Crippen molar-refractivity contribution in [3.8, 4) is 0 Å². The summed E-state index contributed by atoms with van der Waals surface area (Å²) in [5, 5.41) is 0. The van der Waals surface area contributed by atoms with Crippen molar-refractivity contribution in [3.63, 3.8) is 0 Å². The fraction of sp³-hybridized carbons (Fsp3) is 0.444. The highest BCUT2D eigenvalue weighted by atomic mass is 32.1. The van der Waals surface area contributed by atoms with Crippen LogP contribution in [0.5, 0.6) is 0 Å². The van der Waals surface area contributed by atoms with E-state index in [-0.39, 0.29) is 5.41 Å². The smallest absolute Gasteiger partial charge is 0.123 e. The summed E-state index contributed by atoms with van der Waals surface area (Å²) >= 11 is 1.24. The van der Waals surface area contributed by atoms with Crippen LogP contribution < -0.4 is 0 Å². The summed E-state index contributed by atoms with van der Waals surface area (Å²) in [5.74, 6) is 0. The molecule has 2 rings (SSSR count). The number of aromatic nitrogens is 3. The number of rotatable bonds is 0. The Labute approximate surface area is 81.2 Å². The molecule has 3 nitrogen and oxygen atoms in total. The van der Waals surface area contributed by atoms with Crippen LogP contribution >= 0.6 is 11.7 Å². The van der Waals surface area contributed by atoms with Gasteiger partial charge in [0.25, 0.3) is 0 Å². The lowest BCUT2D eigenvalue weighted by molar-refractivity contribution is 0.592. The first-order chi connectivity index (χ1) is 6.09. The maximum Gasteiger partial charge on any atom is 0.123 e. The maximum absolute atomic E-state index is 4.28. The van der Waals surface area contributed by atoms with E-state index in [9.17, 15) is 0 Å². The SMILES string of the molecule is CC(C)(C)c1cncc2nsnc12. The van der Waals surface area contributed by atoms with Crippen LogP contribution in [0.1, 0.15) is 26.3 Å². The van der Waals surface area contributed by atoms with Crippen LogP contribution in [0.4, 0.5) is 0 Å². The maximum atomic E-state index is 4.28. The lowest BCUT2D eigenvalue weighted by Gasteiger charge is -2.17. The Bertz CT molecular complexity index is 428. The predicted octanol–water partition coefficient (Wildman–Crippen LogP) is 2.38. The Kier molecular flexibility index (Phi) is 1.80. The molecule has 0 amide bonds. The minimum atomic E-state index is 0.0856. The number of hydrogen-bond donors (Lipinski definition) is 0. The molecule has 0 saturated heterocycles. The minimum absolute atomic E-state index is 0.0856. The van der Waals surface area contributed by atoms with Crippen molar-refractivity contribution in [3.05, 3.63) is 18.0 Å². The van der Waals surface area contributed by atoms with Gasteiger partial charge in [0, 0.05) is 11.8 Å². The Morgan fingerprint density at radius 1 is 1.15 bits per heavy atom. The summed E-state index contributed by atoms with van der Waals surface area (Å²) in [6.45, 7) is 6.47. The molecule has 0 aliphatic heterocycles. The highest BCUT2D eigenvalue weighted by Crippen LogP contribution is 2.27. The summed E-state index contributed by atoms with van der Waals surface area (Å²) in [6, 6.07) is 0. The Morgan fingerprint density at radius 2 is 1.92 bits per heavy atom. The monoisotopic (exact) mass is 193 g/mol. The van der Waals surface area contributed by atoms with E-state index in [1.807, 2.05) is 6.20 Å². The van der Waals surface area contributed by atoms with Gasteiger partial charge in [-0.05, 0) is 5.41 Å². The van der Waals surface area contributed by atoms with E-state index in [0.29, 0.717) is 0 Å². The third-order valence-electron chi connectivity index (χ3n) is 1.98. The molecule has 0 bridgehead atoms. The molecule has 4 heteroatoms. The van der Waals surface area contributed by atoms with Crippen molar-refractivity contribution in [1.82, 2.24) is 13.7 Å². The molecule has 0 radical (unpaired) electrons. The Morgan fingerprint density at radius 3 is 2.62 bits per heavy atom. The zero-order valence-corrected chi connectivity index (χ0v) is 8.72. The van der Waals surface area contributed by atoms with E-state index >= 15 is 0 Å². The van der Waals surface area contributed by atoms with Gasteiger partial charge in [-0.15, -0.1) is 0 Å². The molecule has 68 valence electrons. The Hall–Kier alpha value is -1.03. The average Bonchev–Trinajstić information content (AvgIpc) is 2.48.